The zero-order valence-corrected chi connectivity index (χ0v) is 11.5. The van der Waals surface area contributed by atoms with E-state index in [1.54, 1.807) is 4.90 Å². The Morgan fingerprint density at radius 2 is 2.05 bits per heavy atom. The molecular weight excluding hydrogens is 242 g/mol. The Bertz CT molecular complexity index is 428. The van der Waals surface area contributed by atoms with Crippen molar-refractivity contribution in [1.82, 2.24) is 4.90 Å². The SMILES string of the molecule is CC(C)COc1ccc(CN2CC(O)CC2=O)cc1. The van der Waals surface area contributed by atoms with Gasteiger partial charge in [-0.2, -0.15) is 0 Å². The van der Waals surface area contributed by atoms with E-state index in [-0.39, 0.29) is 12.3 Å². The van der Waals surface area contributed by atoms with Crippen LogP contribution in [0.5, 0.6) is 5.75 Å². The molecule has 1 unspecified atom stereocenters. The molecule has 1 amide bonds. The van der Waals surface area contributed by atoms with Crippen molar-refractivity contribution >= 4 is 5.91 Å². The summed E-state index contributed by atoms with van der Waals surface area (Å²) in [5, 5.41) is 9.43. The van der Waals surface area contributed by atoms with Crippen molar-refractivity contribution in [2.75, 3.05) is 13.2 Å². The fourth-order valence-electron chi connectivity index (χ4n) is 2.08. The van der Waals surface area contributed by atoms with Gasteiger partial charge in [0.1, 0.15) is 5.75 Å². The van der Waals surface area contributed by atoms with E-state index in [1.165, 1.54) is 0 Å². The van der Waals surface area contributed by atoms with Gasteiger partial charge in [0.05, 0.1) is 19.1 Å². The molecule has 1 N–H and O–H groups in total. The molecule has 1 aromatic carbocycles. The summed E-state index contributed by atoms with van der Waals surface area (Å²) in [6, 6.07) is 7.78. The highest BCUT2D eigenvalue weighted by Crippen LogP contribution is 2.18. The molecule has 1 aliphatic rings. The first-order valence-electron chi connectivity index (χ1n) is 6.72. The first-order valence-corrected chi connectivity index (χ1v) is 6.72. The molecule has 1 heterocycles. The van der Waals surface area contributed by atoms with Gasteiger partial charge in [-0.15, -0.1) is 0 Å². The van der Waals surface area contributed by atoms with Crippen molar-refractivity contribution in [2.45, 2.75) is 32.9 Å². The smallest absolute Gasteiger partial charge is 0.225 e. The van der Waals surface area contributed by atoms with Crippen LogP contribution in [-0.4, -0.2) is 35.2 Å². The first kappa shape index (κ1) is 13.9. The van der Waals surface area contributed by atoms with E-state index in [0.29, 0.717) is 25.6 Å². The Hall–Kier alpha value is -1.55. The van der Waals surface area contributed by atoms with Crippen molar-refractivity contribution in [3.63, 3.8) is 0 Å². The predicted octanol–water partition coefficient (Wildman–Crippen LogP) is 1.81. The second-order valence-electron chi connectivity index (χ2n) is 5.48. The molecule has 1 aromatic rings. The van der Waals surface area contributed by atoms with Gasteiger partial charge < -0.3 is 14.7 Å². The molecule has 4 nitrogen and oxygen atoms in total. The predicted molar refractivity (Wildman–Crippen MR) is 72.8 cm³/mol. The summed E-state index contributed by atoms with van der Waals surface area (Å²) in [5.41, 5.74) is 1.05. The van der Waals surface area contributed by atoms with Crippen molar-refractivity contribution in [3.05, 3.63) is 29.8 Å². The minimum absolute atomic E-state index is 0.0210. The Labute approximate surface area is 114 Å². The number of ether oxygens (including phenoxy) is 1. The molecule has 1 atom stereocenters. The summed E-state index contributed by atoms with van der Waals surface area (Å²) < 4.78 is 5.61. The summed E-state index contributed by atoms with van der Waals surface area (Å²) >= 11 is 0. The van der Waals surface area contributed by atoms with Crippen LogP contribution in [0.15, 0.2) is 24.3 Å². The second kappa shape index (κ2) is 6.06. The number of nitrogens with zero attached hydrogens (tertiary/aromatic N) is 1. The van der Waals surface area contributed by atoms with Crippen LogP contribution in [0.2, 0.25) is 0 Å². The number of carbonyl (C=O) groups is 1. The van der Waals surface area contributed by atoms with E-state index < -0.39 is 6.10 Å². The van der Waals surface area contributed by atoms with Gasteiger partial charge in [-0.05, 0) is 23.6 Å². The number of benzene rings is 1. The molecule has 4 heteroatoms. The highest BCUT2D eigenvalue weighted by atomic mass is 16.5. The van der Waals surface area contributed by atoms with E-state index >= 15 is 0 Å². The Balaban J connectivity index is 1.90. The number of likely N-dealkylation sites (tertiary alicyclic amines) is 1. The van der Waals surface area contributed by atoms with Gasteiger partial charge in [0.25, 0.3) is 0 Å². The number of aliphatic hydroxyl groups is 1. The fourth-order valence-corrected chi connectivity index (χ4v) is 2.08. The lowest BCUT2D eigenvalue weighted by Crippen LogP contribution is -2.25. The quantitative estimate of drug-likeness (QED) is 0.881. The molecule has 0 aromatic heterocycles. The van der Waals surface area contributed by atoms with Crippen LogP contribution in [-0.2, 0) is 11.3 Å². The number of amides is 1. The molecule has 104 valence electrons. The van der Waals surface area contributed by atoms with Gasteiger partial charge in [0.15, 0.2) is 0 Å². The third kappa shape index (κ3) is 3.96. The first-order chi connectivity index (χ1) is 9.04. The minimum atomic E-state index is -0.513. The van der Waals surface area contributed by atoms with Crippen LogP contribution in [0.1, 0.15) is 25.8 Å². The highest BCUT2D eigenvalue weighted by molar-refractivity contribution is 5.79. The van der Waals surface area contributed by atoms with Crippen LogP contribution in [0.3, 0.4) is 0 Å². The lowest BCUT2D eigenvalue weighted by Gasteiger charge is -2.16. The fraction of sp³-hybridized carbons (Fsp3) is 0.533. The third-order valence-corrected chi connectivity index (χ3v) is 3.07. The van der Waals surface area contributed by atoms with Gasteiger partial charge in [0, 0.05) is 13.1 Å². The molecule has 0 aliphatic carbocycles. The summed E-state index contributed by atoms with van der Waals surface area (Å²) in [5.74, 6) is 1.38. The molecule has 1 fully saturated rings. The maximum Gasteiger partial charge on any atom is 0.225 e. The molecular formula is C15H21NO3. The largest absolute Gasteiger partial charge is 0.493 e. The van der Waals surface area contributed by atoms with E-state index in [4.69, 9.17) is 4.74 Å². The third-order valence-electron chi connectivity index (χ3n) is 3.07. The van der Waals surface area contributed by atoms with Gasteiger partial charge in [-0.25, -0.2) is 0 Å². The summed E-state index contributed by atoms with van der Waals surface area (Å²) in [7, 11) is 0. The summed E-state index contributed by atoms with van der Waals surface area (Å²) in [6.07, 6.45) is -0.267. The molecule has 2 rings (SSSR count). The second-order valence-corrected chi connectivity index (χ2v) is 5.48. The summed E-state index contributed by atoms with van der Waals surface area (Å²) in [6.45, 7) is 5.91. The number of carbonyl (C=O) groups excluding carboxylic acids is 1. The number of hydrogen-bond acceptors (Lipinski definition) is 3. The Morgan fingerprint density at radius 1 is 1.37 bits per heavy atom. The molecule has 0 saturated carbocycles. The van der Waals surface area contributed by atoms with Crippen LogP contribution in [0.4, 0.5) is 0 Å². The summed E-state index contributed by atoms with van der Waals surface area (Å²) in [4.78, 5) is 13.3. The van der Waals surface area contributed by atoms with Crippen molar-refractivity contribution in [3.8, 4) is 5.75 Å². The van der Waals surface area contributed by atoms with Crippen LogP contribution in [0, 0.1) is 5.92 Å². The topological polar surface area (TPSA) is 49.8 Å². The molecule has 0 spiro atoms. The van der Waals surface area contributed by atoms with E-state index in [1.807, 2.05) is 24.3 Å². The Morgan fingerprint density at radius 3 is 2.58 bits per heavy atom. The zero-order valence-electron chi connectivity index (χ0n) is 11.5. The average Bonchev–Trinajstić information content (AvgIpc) is 2.67. The average molecular weight is 263 g/mol. The van der Waals surface area contributed by atoms with E-state index in [2.05, 4.69) is 13.8 Å². The van der Waals surface area contributed by atoms with Crippen LogP contribution < -0.4 is 4.74 Å². The maximum absolute atomic E-state index is 11.6. The lowest BCUT2D eigenvalue weighted by molar-refractivity contribution is -0.128. The van der Waals surface area contributed by atoms with Crippen LogP contribution >= 0.6 is 0 Å². The number of aliphatic hydroxyl groups excluding tert-OH is 1. The van der Waals surface area contributed by atoms with Gasteiger partial charge in [0.2, 0.25) is 5.91 Å². The standard InChI is InChI=1S/C15H21NO3/c1-11(2)10-19-14-5-3-12(4-6-14)8-16-9-13(17)7-15(16)18/h3-6,11,13,17H,7-10H2,1-2H3. The maximum atomic E-state index is 11.6. The number of β-amino-alcohol motifs (C(OH)–C–C–N with tert-alkyl or cyclic N) is 1. The monoisotopic (exact) mass is 263 g/mol. The molecule has 1 aliphatic heterocycles. The highest BCUT2D eigenvalue weighted by Gasteiger charge is 2.27. The van der Waals surface area contributed by atoms with Crippen LogP contribution in [0.25, 0.3) is 0 Å². The van der Waals surface area contributed by atoms with Gasteiger partial charge >= 0.3 is 0 Å². The molecule has 1 saturated heterocycles. The van der Waals surface area contributed by atoms with E-state index in [9.17, 15) is 9.90 Å². The van der Waals surface area contributed by atoms with Crippen molar-refractivity contribution in [1.29, 1.82) is 0 Å². The number of hydrogen-bond donors (Lipinski definition) is 1. The molecule has 0 bridgehead atoms. The molecule has 0 radical (unpaired) electrons. The number of rotatable bonds is 5. The van der Waals surface area contributed by atoms with Gasteiger partial charge in [-0.1, -0.05) is 26.0 Å². The van der Waals surface area contributed by atoms with Crippen molar-refractivity contribution < 1.29 is 14.6 Å². The molecule has 19 heavy (non-hydrogen) atoms. The van der Waals surface area contributed by atoms with Crippen molar-refractivity contribution in [2.24, 2.45) is 5.92 Å². The van der Waals surface area contributed by atoms with Gasteiger partial charge in [-0.3, -0.25) is 4.79 Å². The van der Waals surface area contributed by atoms with E-state index in [0.717, 1.165) is 11.3 Å². The minimum Gasteiger partial charge on any atom is -0.493 e. The normalized spacial score (nSPS) is 19.3. The lowest BCUT2D eigenvalue weighted by atomic mass is 10.2. The zero-order chi connectivity index (χ0) is 13.8. The Kier molecular flexibility index (Phi) is 4.43.